The highest BCUT2D eigenvalue weighted by molar-refractivity contribution is 6.06. The second-order valence-electron chi connectivity index (χ2n) is 17.0. The van der Waals surface area contributed by atoms with E-state index in [0.29, 0.717) is 74.7 Å². The Hall–Kier alpha value is -6.06. The van der Waals surface area contributed by atoms with E-state index in [1.165, 1.54) is 0 Å². The van der Waals surface area contributed by atoms with Crippen molar-refractivity contribution in [3.05, 3.63) is 96.2 Å². The highest BCUT2D eigenvalue weighted by Gasteiger charge is 2.39. The molecule has 0 radical (unpaired) electrons. The van der Waals surface area contributed by atoms with Gasteiger partial charge >= 0.3 is 6.03 Å². The number of nitrogens with one attached hydrogen (secondary N) is 1. The van der Waals surface area contributed by atoms with Crippen LogP contribution in [0.5, 0.6) is 5.75 Å². The number of likely N-dealkylation sites (tertiary alicyclic amines) is 2. The molecule has 0 saturated carbocycles. The van der Waals surface area contributed by atoms with Gasteiger partial charge in [-0.25, -0.2) is 9.18 Å². The summed E-state index contributed by atoms with van der Waals surface area (Å²) in [5, 5.41) is 22.3. The first-order chi connectivity index (χ1) is 29.5. The highest BCUT2D eigenvalue weighted by atomic mass is 19.1. The van der Waals surface area contributed by atoms with E-state index in [1.54, 1.807) is 35.1 Å². The number of ether oxygens (including phenoxy) is 1. The van der Waals surface area contributed by atoms with E-state index >= 15 is 4.39 Å². The number of halogens is 1. The third-order valence-electron chi connectivity index (χ3n) is 13.2. The molecule has 4 aliphatic heterocycles. The number of anilines is 3. The van der Waals surface area contributed by atoms with Gasteiger partial charge in [0.2, 0.25) is 5.91 Å². The molecular weight excluding hydrogens is 778 g/mol. The summed E-state index contributed by atoms with van der Waals surface area (Å²) in [7, 11) is 1.71. The number of aromatic nitrogens is 3. The lowest BCUT2D eigenvalue weighted by Gasteiger charge is -2.41. The maximum absolute atomic E-state index is 16.4. The Kier molecular flexibility index (Phi) is 11.1. The monoisotopic (exact) mass is 829 g/mol. The number of nitrogen functional groups attached to an aromatic ring is 1. The van der Waals surface area contributed by atoms with Crippen molar-refractivity contribution in [1.29, 1.82) is 0 Å². The number of carbonyl (C=O) groups is 3. The third kappa shape index (κ3) is 8.36. The van der Waals surface area contributed by atoms with Crippen LogP contribution in [0.4, 0.5) is 26.4 Å². The number of imide groups is 1. The second kappa shape index (κ2) is 16.8. The van der Waals surface area contributed by atoms with Crippen molar-refractivity contribution in [2.24, 2.45) is 0 Å². The van der Waals surface area contributed by atoms with Gasteiger partial charge in [-0.3, -0.25) is 19.8 Å². The second-order valence-corrected chi connectivity index (χ2v) is 17.0. The van der Waals surface area contributed by atoms with E-state index in [-0.39, 0.29) is 42.0 Å². The predicted octanol–water partition coefficient (Wildman–Crippen LogP) is 6.12. The number of nitrogens with zero attached hydrogens (tertiary/aromatic N) is 7. The van der Waals surface area contributed by atoms with Crippen LogP contribution in [-0.2, 0) is 9.53 Å². The van der Waals surface area contributed by atoms with Gasteiger partial charge in [-0.05, 0) is 79.4 Å². The number of aromatic hydroxyl groups is 1. The molecular formula is C46H52FN9O5. The van der Waals surface area contributed by atoms with Crippen molar-refractivity contribution in [2.45, 2.75) is 62.3 Å². The Bertz CT molecular complexity index is 2430. The number of carbonyl (C=O) groups excluding carboxylic acids is 3. The minimum atomic E-state index is -1.35. The van der Waals surface area contributed by atoms with Crippen LogP contribution in [0.2, 0.25) is 0 Å². The number of urea groups is 1. The molecule has 2 aromatic heterocycles. The van der Waals surface area contributed by atoms with E-state index in [0.717, 1.165) is 60.2 Å². The van der Waals surface area contributed by atoms with Gasteiger partial charge in [0, 0.05) is 125 Å². The highest BCUT2D eigenvalue weighted by Crippen LogP contribution is 2.37. The summed E-state index contributed by atoms with van der Waals surface area (Å²) in [6, 6.07) is 24.6. The number of alkyl halides is 1. The Labute approximate surface area is 354 Å². The molecule has 0 aliphatic carbocycles. The van der Waals surface area contributed by atoms with Gasteiger partial charge in [0.1, 0.15) is 11.4 Å². The van der Waals surface area contributed by atoms with Crippen LogP contribution in [-0.4, -0.2) is 119 Å². The minimum Gasteiger partial charge on any atom is -0.507 e. The number of nitrogens with two attached hydrogens (primary N) is 1. The molecule has 4 amide bonds. The molecule has 15 heteroatoms. The van der Waals surface area contributed by atoms with Crippen LogP contribution in [0.1, 0.15) is 66.4 Å². The summed E-state index contributed by atoms with van der Waals surface area (Å²) in [6.07, 6.45) is 5.52. The van der Waals surface area contributed by atoms with Crippen molar-refractivity contribution >= 4 is 45.9 Å². The molecule has 14 nitrogen and oxygen atoms in total. The largest absolute Gasteiger partial charge is 0.507 e. The zero-order valence-electron chi connectivity index (χ0n) is 34.4. The van der Waals surface area contributed by atoms with Gasteiger partial charge in [0.15, 0.2) is 5.82 Å². The van der Waals surface area contributed by atoms with E-state index in [1.807, 2.05) is 54.6 Å². The Balaban J connectivity index is 0.776. The standard InChI is InChI=1S/C46H52FN9O5/c1-61-36-25-33(27-54(28-36)40-26-38(50-51-43(40)48)37-4-2-3-5-41(37)57)30-6-8-31(9-7-30)44(59)53-22-16-46(47,17-23-53)29-52-18-13-34(14-19-52)55-20-12-32-24-35(10-11-39(32)55)56-21-15-42(58)49-45(56)60/h2-12,20,24,26,33-34,36,57H,13-19,21-23,25,27-29H2,1H3,(H2,48,51)(H,49,58,60). The fourth-order valence-electron chi connectivity index (χ4n) is 9.68. The normalized spacial score (nSPS) is 21.5. The first kappa shape index (κ1) is 40.4. The lowest BCUT2D eigenvalue weighted by Crippen LogP contribution is -2.51. The van der Waals surface area contributed by atoms with Gasteiger partial charge in [-0.2, -0.15) is 0 Å². The molecule has 2 unspecified atom stereocenters. The van der Waals surface area contributed by atoms with Crippen molar-refractivity contribution in [1.82, 2.24) is 29.9 Å². The molecule has 4 fully saturated rings. The Morgan fingerprint density at radius 2 is 1.72 bits per heavy atom. The van der Waals surface area contributed by atoms with Crippen molar-refractivity contribution in [3.63, 3.8) is 0 Å². The molecule has 4 aliphatic rings. The Morgan fingerprint density at radius 1 is 0.951 bits per heavy atom. The Morgan fingerprint density at radius 3 is 2.46 bits per heavy atom. The number of para-hydroxylation sites is 1. The first-order valence-electron chi connectivity index (χ1n) is 21.3. The SMILES string of the molecule is COC1CC(c2ccc(C(=O)N3CCC(F)(CN4CCC(n5ccc6cc(N7CCC(=O)NC7=O)ccc65)CC4)CC3)cc2)CN(c2cc(-c3ccccc3O)nnc2N)C1. The van der Waals surface area contributed by atoms with E-state index in [9.17, 15) is 19.5 Å². The van der Waals surface area contributed by atoms with E-state index < -0.39 is 11.7 Å². The quantitative estimate of drug-likeness (QED) is 0.158. The van der Waals surface area contributed by atoms with Gasteiger partial charge in [-0.1, -0.05) is 24.3 Å². The van der Waals surface area contributed by atoms with Crippen molar-refractivity contribution < 1.29 is 28.6 Å². The summed E-state index contributed by atoms with van der Waals surface area (Å²) >= 11 is 0. The number of phenols is 1. The molecule has 318 valence electrons. The summed E-state index contributed by atoms with van der Waals surface area (Å²) in [5.41, 5.74) is 10.4. The van der Waals surface area contributed by atoms with Crippen molar-refractivity contribution in [2.75, 3.05) is 75.0 Å². The maximum atomic E-state index is 16.4. The van der Waals surface area contributed by atoms with E-state index in [2.05, 4.69) is 42.1 Å². The maximum Gasteiger partial charge on any atom is 0.328 e. The molecule has 0 spiro atoms. The fourth-order valence-corrected chi connectivity index (χ4v) is 9.68. The third-order valence-corrected chi connectivity index (χ3v) is 13.2. The van der Waals surface area contributed by atoms with Gasteiger partial charge in [-0.15, -0.1) is 10.2 Å². The average Bonchev–Trinajstić information content (AvgIpc) is 3.70. The number of hydrogen-bond donors (Lipinski definition) is 3. The number of fused-ring (bicyclic) bond motifs is 1. The zero-order chi connectivity index (χ0) is 42.3. The van der Waals surface area contributed by atoms with Crippen LogP contribution in [0.15, 0.2) is 85.1 Å². The lowest BCUT2D eigenvalue weighted by molar-refractivity contribution is -0.120. The molecule has 2 atom stereocenters. The number of rotatable bonds is 9. The molecule has 6 heterocycles. The molecule has 9 rings (SSSR count). The fraction of sp³-hybridized carbons (Fsp3) is 0.413. The number of benzene rings is 3. The number of amides is 4. The summed E-state index contributed by atoms with van der Waals surface area (Å²) in [5.74, 6) is 0.172. The summed E-state index contributed by atoms with van der Waals surface area (Å²) < 4.78 is 24.5. The van der Waals surface area contributed by atoms with Crippen LogP contribution in [0, 0.1) is 0 Å². The average molecular weight is 830 g/mol. The number of methoxy groups -OCH3 is 1. The number of hydrogen-bond acceptors (Lipinski definition) is 10. The topological polar surface area (TPSA) is 162 Å². The van der Waals surface area contributed by atoms with Crippen LogP contribution in [0.25, 0.3) is 22.2 Å². The lowest BCUT2D eigenvalue weighted by atomic mass is 9.88. The van der Waals surface area contributed by atoms with Crippen LogP contribution < -0.4 is 20.9 Å². The number of piperidine rings is 3. The zero-order valence-corrected chi connectivity index (χ0v) is 34.4. The summed E-state index contributed by atoms with van der Waals surface area (Å²) in [6.45, 7) is 4.33. The van der Waals surface area contributed by atoms with Crippen LogP contribution >= 0.6 is 0 Å². The predicted molar refractivity (Wildman–Crippen MR) is 231 cm³/mol. The number of phenolic OH excluding ortho intramolecular Hbond substituents is 1. The van der Waals surface area contributed by atoms with Crippen molar-refractivity contribution in [3.8, 4) is 17.0 Å². The van der Waals surface area contributed by atoms with Gasteiger partial charge in [0.05, 0.1) is 17.5 Å². The molecule has 4 saturated heterocycles. The molecule has 5 aromatic rings. The molecule has 3 aromatic carbocycles. The first-order valence-corrected chi connectivity index (χ1v) is 21.3. The van der Waals surface area contributed by atoms with Gasteiger partial charge < -0.3 is 34.8 Å². The van der Waals surface area contributed by atoms with E-state index in [4.69, 9.17) is 10.5 Å². The summed E-state index contributed by atoms with van der Waals surface area (Å²) in [4.78, 5) is 45.4. The molecule has 61 heavy (non-hydrogen) atoms. The van der Waals surface area contributed by atoms with Gasteiger partial charge in [0.25, 0.3) is 5.91 Å². The van der Waals surface area contributed by atoms with Crippen LogP contribution in [0.3, 0.4) is 0 Å². The molecule has 0 bridgehead atoms. The molecule has 4 N–H and O–H groups in total. The minimum absolute atomic E-state index is 0.0657. The smallest absolute Gasteiger partial charge is 0.328 e.